The Hall–Kier alpha value is -2.60. The van der Waals surface area contributed by atoms with E-state index in [0.717, 1.165) is 11.1 Å². The zero-order valence-electron chi connectivity index (χ0n) is 14.7. The van der Waals surface area contributed by atoms with Gasteiger partial charge in [0.25, 0.3) is 0 Å². The standard InChI is InChI=1S/C20H21NO4S/c1-13-7-6-10-16(14(13)2)19(20(24)25)21-18(23)12-26-11-17(22)15-8-4-3-5-9-15/h3-10,19H,11-12H2,1-2H3,(H,21,23)(H,24,25). The molecule has 1 amide bonds. The van der Waals surface area contributed by atoms with E-state index in [0.29, 0.717) is 11.1 Å². The number of carbonyl (C=O) groups is 3. The summed E-state index contributed by atoms with van der Waals surface area (Å²) < 4.78 is 0. The highest BCUT2D eigenvalue weighted by Crippen LogP contribution is 2.21. The van der Waals surface area contributed by atoms with Gasteiger partial charge in [0.2, 0.25) is 5.91 Å². The van der Waals surface area contributed by atoms with Crippen molar-refractivity contribution in [2.45, 2.75) is 19.9 Å². The second-order valence-electron chi connectivity index (χ2n) is 5.91. The first-order valence-electron chi connectivity index (χ1n) is 8.14. The lowest BCUT2D eigenvalue weighted by molar-refractivity contribution is -0.141. The number of rotatable bonds is 8. The van der Waals surface area contributed by atoms with Crippen LogP contribution in [-0.4, -0.2) is 34.3 Å². The van der Waals surface area contributed by atoms with Crippen LogP contribution in [-0.2, 0) is 9.59 Å². The maximum atomic E-state index is 12.1. The van der Waals surface area contributed by atoms with Crippen LogP contribution in [0.15, 0.2) is 48.5 Å². The molecule has 6 heteroatoms. The van der Waals surface area contributed by atoms with Gasteiger partial charge in [0.05, 0.1) is 11.5 Å². The van der Waals surface area contributed by atoms with Crippen LogP contribution in [0.5, 0.6) is 0 Å². The molecule has 136 valence electrons. The lowest BCUT2D eigenvalue weighted by Gasteiger charge is -2.18. The number of hydrogen-bond donors (Lipinski definition) is 2. The summed E-state index contributed by atoms with van der Waals surface area (Å²) in [6.07, 6.45) is 0. The number of benzene rings is 2. The summed E-state index contributed by atoms with van der Waals surface area (Å²) in [6, 6.07) is 13.1. The number of thioether (sulfide) groups is 1. The van der Waals surface area contributed by atoms with Crippen molar-refractivity contribution in [3.05, 3.63) is 70.8 Å². The lowest BCUT2D eigenvalue weighted by atomic mass is 9.97. The summed E-state index contributed by atoms with van der Waals surface area (Å²) in [6.45, 7) is 3.73. The molecule has 2 aromatic rings. The number of Topliss-reactive ketones (excluding diaryl/α,β-unsaturated/α-hetero) is 1. The quantitative estimate of drug-likeness (QED) is 0.697. The summed E-state index contributed by atoms with van der Waals surface area (Å²) >= 11 is 1.17. The molecule has 0 heterocycles. The molecule has 2 rings (SSSR count). The fourth-order valence-corrected chi connectivity index (χ4v) is 3.23. The maximum Gasteiger partial charge on any atom is 0.330 e. The number of nitrogens with one attached hydrogen (secondary N) is 1. The molecule has 1 atom stereocenters. The minimum Gasteiger partial charge on any atom is -0.479 e. The van der Waals surface area contributed by atoms with E-state index in [1.54, 1.807) is 36.4 Å². The maximum absolute atomic E-state index is 12.1. The van der Waals surface area contributed by atoms with Gasteiger partial charge in [-0.15, -0.1) is 11.8 Å². The van der Waals surface area contributed by atoms with Gasteiger partial charge in [-0.3, -0.25) is 9.59 Å². The van der Waals surface area contributed by atoms with Crippen LogP contribution in [0, 0.1) is 13.8 Å². The average Bonchev–Trinajstić information content (AvgIpc) is 2.63. The Labute approximate surface area is 156 Å². The third-order valence-corrected chi connectivity index (χ3v) is 5.00. The third kappa shape index (κ3) is 5.20. The van der Waals surface area contributed by atoms with Crippen molar-refractivity contribution in [1.82, 2.24) is 5.32 Å². The summed E-state index contributed by atoms with van der Waals surface area (Å²) in [5.41, 5.74) is 2.97. The summed E-state index contributed by atoms with van der Waals surface area (Å²) in [5, 5.41) is 12.0. The summed E-state index contributed by atoms with van der Waals surface area (Å²) in [7, 11) is 0. The molecule has 2 aromatic carbocycles. The van der Waals surface area contributed by atoms with Crippen molar-refractivity contribution in [2.24, 2.45) is 0 Å². The molecular weight excluding hydrogens is 350 g/mol. The second-order valence-corrected chi connectivity index (χ2v) is 6.90. The van der Waals surface area contributed by atoms with E-state index in [4.69, 9.17) is 0 Å². The van der Waals surface area contributed by atoms with Crippen LogP contribution in [0.2, 0.25) is 0 Å². The third-order valence-electron chi connectivity index (χ3n) is 4.07. The van der Waals surface area contributed by atoms with E-state index in [-0.39, 0.29) is 17.3 Å². The van der Waals surface area contributed by atoms with Gasteiger partial charge in [-0.05, 0) is 30.5 Å². The first kappa shape index (κ1) is 19.7. The number of carboxylic acid groups (broad SMARTS) is 1. The van der Waals surface area contributed by atoms with E-state index in [1.165, 1.54) is 11.8 Å². The van der Waals surface area contributed by atoms with Crippen molar-refractivity contribution in [3.8, 4) is 0 Å². The molecule has 0 aliphatic carbocycles. The Morgan fingerprint density at radius 1 is 1.00 bits per heavy atom. The highest BCUT2D eigenvalue weighted by atomic mass is 32.2. The molecule has 0 aliphatic rings. The largest absolute Gasteiger partial charge is 0.479 e. The fraction of sp³-hybridized carbons (Fsp3) is 0.250. The van der Waals surface area contributed by atoms with Crippen molar-refractivity contribution in [1.29, 1.82) is 0 Å². The molecule has 2 N–H and O–H groups in total. The molecule has 1 unspecified atom stereocenters. The molecule has 0 fully saturated rings. The molecule has 0 bridgehead atoms. The van der Waals surface area contributed by atoms with Gasteiger partial charge in [0.15, 0.2) is 11.8 Å². The monoisotopic (exact) mass is 371 g/mol. The molecule has 0 aliphatic heterocycles. The van der Waals surface area contributed by atoms with Gasteiger partial charge in [0, 0.05) is 5.56 Å². The van der Waals surface area contributed by atoms with E-state index < -0.39 is 17.9 Å². The average molecular weight is 371 g/mol. The Kier molecular flexibility index (Phi) is 6.97. The Bertz CT molecular complexity index is 805. The number of amides is 1. The molecule has 26 heavy (non-hydrogen) atoms. The van der Waals surface area contributed by atoms with Gasteiger partial charge >= 0.3 is 5.97 Å². The van der Waals surface area contributed by atoms with Gasteiger partial charge in [-0.25, -0.2) is 4.79 Å². The molecule has 0 saturated carbocycles. The zero-order chi connectivity index (χ0) is 19.1. The first-order chi connectivity index (χ1) is 12.4. The highest BCUT2D eigenvalue weighted by Gasteiger charge is 2.24. The van der Waals surface area contributed by atoms with Gasteiger partial charge in [0.1, 0.15) is 0 Å². The van der Waals surface area contributed by atoms with Crippen LogP contribution < -0.4 is 5.32 Å². The van der Waals surface area contributed by atoms with Crippen LogP contribution in [0.4, 0.5) is 0 Å². The molecular formula is C20H21NO4S. The van der Waals surface area contributed by atoms with Crippen molar-refractivity contribution in [2.75, 3.05) is 11.5 Å². The van der Waals surface area contributed by atoms with Gasteiger partial charge in [-0.2, -0.15) is 0 Å². The number of ketones is 1. The molecule has 0 aromatic heterocycles. The van der Waals surface area contributed by atoms with E-state index in [2.05, 4.69) is 5.32 Å². The topological polar surface area (TPSA) is 83.5 Å². The Balaban J connectivity index is 1.93. The van der Waals surface area contributed by atoms with Crippen molar-refractivity contribution >= 4 is 29.4 Å². The van der Waals surface area contributed by atoms with Crippen LogP contribution >= 0.6 is 11.8 Å². The smallest absolute Gasteiger partial charge is 0.330 e. The van der Waals surface area contributed by atoms with Crippen molar-refractivity contribution in [3.63, 3.8) is 0 Å². The number of aryl methyl sites for hydroxylation is 1. The van der Waals surface area contributed by atoms with Crippen LogP contribution in [0.1, 0.15) is 33.1 Å². The Morgan fingerprint density at radius 2 is 1.69 bits per heavy atom. The Morgan fingerprint density at radius 3 is 2.35 bits per heavy atom. The number of carboxylic acids is 1. The molecule has 0 saturated heterocycles. The minimum atomic E-state index is -1.11. The number of aliphatic carboxylic acids is 1. The van der Waals surface area contributed by atoms with Crippen molar-refractivity contribution < 1.29 is 19.5 Å². The van der Waals surface area contributed by atoms with E-state index in [1.807, 2.05) is 26.0 Å². The summed E-state index contributed by atoms with van der Waals surface area (Å²) in [4.78, 5) is 35.7. The normalized spacial score (nSPS) is 11.6. The predicted molar refractivity (Wildman–Crippen MR) is 103 cm³/mol. The number of hydrogen-bond acceptors (Lipinski definition) is 4. The lowest BCUT2D eigenvalue weighted by Crippen LogP contribution is -2.35. The van der Waals surface area contributed by atoms with E-state index >= 15 is 0 Å². The first-order valence-corrected chi connectivity index (χ1v) is 9.30. The highest BCUT2D eigenvalue weighted by molar-refractivity contribution is 8.00. The van der Waals surface area contributed by atoms with Crippen LogP contribution in [0.25, 0.3) is 0 Å². The molecule has 0 spiro atoms. The zero-order valence-corrected chi connectivity index (χ0v) is 15.5. The van der Waals surface area contributed by atoms with Gasteiger partial charge < -0.3 is 10.4 Å². The fourth-order valence-electron chi connectivity index (χ4n) is 2.51. The van der Waals surface area contributed by atoms with Gasteiger partial charge in [-0.1, -0.05) is 48.5 Å². The predicted octanol–water partition coefficient (Wildman–Crippen LogP) is 3.16. The minimum absolute atomic E-state index is 0.0210. The SMILES string of the molecule is Cc1cccc(C(NC(=O)CSCC(=O)c2ccccc2)C(=O)O)c1C. The molecule has 0 radical (unpaired) electrons. The van der Waals surface area contributed by atoms with E-state index in [9.17, 15) is 19.5 Å². The summed E-state index contributed by atoms with van der Waals surface area (Å²) in [5.74, 6) is -1.40. The second kappa shape index (κ2) is 9.20. The molecule has 5 nitrogen and oxygen atoms in total. The van der Waals surface area contributed by atoms with Crippen LogP contribution in [0.3, 0.4) is 0 Å². The number of carbonyl (C=O) groups excluding carboxylic acids is 2.